The molecule has 0 spiro atoms. The summed E-state index contributed by atoms with van der Waals surface area (Å²) in [6.07, 6.45) is 0.843. The molecule has 6 rings (SSSR count). The van der Waals surface area contributed by atoms with Crippen molar-refractivity contribution in [1.29, 1.82) is 0 Å². The van der Waals surface area contributed by atoms with Crippen molar-refractivity contribution < 1.29 is 9.47 Å². The zero-order chi connectivity index (χ0) is 28.5. The highest BCUT2D eigenvalue weighted by Gasteiger charge is 2.45. The maximum atomic E-state index is 6.39. The smallest absolute Gasteiger partial charge is 0.123 e. The molecular formula is C39H34O2P+. The van der Waals surface area contributed by atoms with Crippen molar-refractivity contribution in [2.24, 2.45) is 0 Å². The van der Waals surface area contributed by atoms with Crippen LogP contribution in [0.5, 0.6) is 11.5 Å². The third kappa shape index (κ3) is 6.46. The maximum Gasteiger partial charge on any atom is 0.123 e. The highest BCUT2D eigenvalue weighted by molar-refractivity contribution is 7.95. The van der Waals surface area contributed by atoms with E-state index in [1.165, 1.54) is 21.5 Å². The van der Waals surface area contributed by atoms with Crippen LogP contribution in [0, 0.1) is 0 Å². The van der Waals surface area contributed by atoms with Crippen LogP contribution in [-0.4, -0.2) is 0 Å². The van der Waals surface area contributed by atoms with Gasteiger partial charge in [0.15, 0.2) is 0 Å². The van der Waals surface area contributed by atoms with Gasteiger partial charge in [0.1, 0.15) is 47.9 Å². The molecule has 0 fully saturated rings. The zero-order valence-electron chi connectivity index (χ0n) is 23.6. The molecule has 0 radical (unpaired) electrons. The summed E-state index contributed by atoms with van der Waals surface area (Å²) in [4.78, 5) is 0. The predicted octanol–water partition coefficient (Wildman–Crippen LogP) is 8.34. The van der Waals surface area contributed by atoms with E-state index in [4.69, 9.17) is 9.47 Å². The first-order valence-corrected chi connectivity index (χ1v) is 16.3. The molecule has 0 aliphatic carbocycles. The molecule has 0 atom stereocenters. The molecule has 2 nitrogen and oxygen atoms in total. The third-order valence-corrected chi connectivity index (χ3v) is 11.8. The minimum absolute atomic E-state index is 0.499. The lowest BCUT2D eigenvalue weighted by Gasteiger charge is -2.28. The lowest BCUT2D eigenvalue weighted by Crippen LogP contribution is -2.32. The molecule has 0 aliphatic rings. The van der Waals surface area contributed by atoms with Gasteiger partial charge in [-0.15, -0.1) is 0 Å². The van der Waals surface area contributed by atoms with Crippen molar-refractivity contribution in [3.8, 4) is 11.5 Å². The molecule has 206 valence electrons. The van der Waals surface area contributed by atoms with Crippen molar-refractivity contribution in [2.75, 3.05) is 0 Å². The first-order valence-electron chi connectivity index (χ1n) is 14.3. The van der Waals surface area contributed by atoms with Gasteiger partial charge in [-0.3, -0.25) is 0 Å². The molecule has 0 bridgehead atoms. The van der Waals surface area contributed by atoms with Gasteiger partial charge in [-0.2, -0.15) is 0 Å². The van der Waals surface area contributed by atoms with Crippen LogP contribution >= 0.6 is 7.26 Å². The Balaban J connectivity index is 1.44. The van der Waals surface area contributed by atoms with E-state index in [9.17, 15) is 0 Å². The quantitative estimate of drug-likeness (QED) is 0.147. The Morgan fingerprint density at radius 3 is 1.05 bits per heavy atom. The van der Waals surface area contributed by atoms with E-state index >= 15 is 0 Å². The summed E-state index contributed by atoms with van der Waals surface area (Å²) in [5.41, 5.74) is 3.46. The van der Waals surface area contributed by atoms with E-state index in [0.29, 0.717) is 13.2 Å². The normalized spacial score (nSPS) is 11.1. The van der Waals surface area contributed by atoms with Gasteiger partial charge in [-0.05, 0) is 65.2 Å². The molecule has 0 saturated heterocycles. The molecule has 42 heavy (non-hydrogen) atoms. The monoisotopic (exact) mass is 565 g/mol. The maximum absolute atomic E-state index is 6.39. The highest BCUT2D eigenvalue weighted by atomic mass is 31.2. The van der Waals surface area contributed by atoms with E-state index in [0.717, 1.165) is 28.8 Å². The number of hydrogen-bond donors (Lipinski definition) is 0. The fourth-order valence-electron chi connectivity index (χ4n) is 5.41. The summed E-state index contributed by atoms with van der Waals surface area (Å²) in [6.45, 7) is 0.998. The van der Waals surface area contributed by atoms with Crippen LogP contribution in [0.25, 0.3) is 0 Å². The average Bonchev–Trinajstić information content (AvgIpc) is 3.07. The molecule has 6 aromatic carbocycles. The van der Waals surface area contributed by atoms with Crippen LogP contribution in [0.3, 0.4) is 0 Å². The summed E-state index contributed by atoms with van der Waals surface area (Å²) >= 11 is 0. The van der Waals surface area contributed by atoms with Crippen molar-refractivity contribution in [1.82, 2.24) is 0 Å². The molecule has 0 heterocycles. The Morgan fingerprint density at radius 2 is 0.690 bits per heavy atom. The van der Waals surface area contributed by atoms with E-state index in [1.54, 1.807) is 0 Å². The van der Waals surface area contributed by atoms with Gasteiger partial charge in [-0.25, -0.2) is 0 Å². The molecule has 0 N–H and O–H groups in total. The fourth-order valence-corrected chi connectivity index (χ4v) is 9.63. The van der Waals surface area contributed by atoms with Crippen LogP contribution in [0.4, 0.5) is 0 Å². The lowest BCUT2D eigenvalue weighted by molar-refractivity contribution is 0.289. The first kappa shape index (κ1) is 27.5. The highest BCUT2D eigenvalue weighted by Crippen LogP contribution is 2.58. The van der Waals surface area contributed by atoms with Crippen LogP contribution in [0.1, 0.15) is 16.7 Å². The minimum Gasteiger partial charge on any atom is -0.489 e. The Bertz CT molecular complexity index is 1510. The van der Waals surface area contributed by atoms with Crippen LogP contribution in [-0.2, 0) is 19.4 Å². The molecule has 6 aromatic rings. The van der Waals surface area contributed by atoms with Crippen molar-refractivity contribution >= 4 is 23.2 Å². The number of rotatable bonds is 11. The van der Waals surface area contributed by atoms with Gasteiger partial charge < -0.3 is 9.47 Å². The topological polar surface area (TPSA) is 18.5 Å². The van der Waals surface area contributed by atoms with Crippen molar-refractivity contribution in [2.45, 2.75) is 19.4 Å². The summed E-state index contributed by atoms with van der Waals surface area (Å²) in [5, 5.41) is 4.05. The largest absolute Gasteiger partial charge is 0.489 e. The average molecular weight is 566 g/mol. The van der Waals surface area contributed by atoms with E-state index in [2.05, 4.69) is 127 Å². The Morgan fingerprint density at radius 1 is 0.357 bits per heavy atom. The minimum atomic E-state index is -2.08. The molecular weight excluding hydrogens is 531 g/mol. The fraction of sp³-hybridized carbons (Fsp3) is 0.0769. The molecule has 3 heteroatoms. The summed E-state index contributed by atoms with van der Waals surface area (Å²) in [6, 6.07) is 60.0. The Kier molecular flexibility index (Phi) is 8.74. The van der Waals surface area contributed by atoms with Crippen molar-refractivity contribution in [3.63, 3.8) is 0 Å². The van der Waals surface area contributed by atoms with E-state index in [1.807, 2.05) is 42.5 Å². The Labute approximate surface area is 249 Å². The second-order valence-electron chi connectivity index (χ2n) is 10.3. The van der Waals surface area contributed by atoms with Gasteiger partial charge in [0.2, 0.25) is 0 Å². The number of ether oxygens (including phenoxy) is 2. The van der Waals surface area contributed by atoms with Gasteiger partial charge in [0.25, 0.3) is 0 Å². The summed E-state index contributed by atoms with van der Waals surface area (Å²) in [5.74, 6) is 1.62. The predicted molar refractivity (Wildman–Crippen MR) is 177 cm³/mol. The van der Waals surface area contributed by atoms with E-state index in [-0.39, 0.29) is 0 Å². The Hall–Kier alpha value is -4.65. The van der Waals surface area contributed by atoms with Gasteiger partial charge in [0.05, 0.1) is 6.16 Å². The molecule has 0 saturated carbocycles. The number of hydrogen-bond acceptors (Lipinski definition) is 2. The van der Waals surface area contributed by atoms with E-state index < -0.39 is 7.26 Å². The van der Waals surface area contributed by atoms with Crippen molar-refractivity contribution in [3.05, 3.63) is 187 Å². The second-order valence-corrected chi connectivity index (χ2v) is 13.8. The third-order valence-electron chi connectivity index (χ3n) is 7.45. The first-order chi connectivity index (χ1) is 20.8. The SMILES string of the molecule is c1ccc(COc2cc(C[P+](c3ccccc3)(c3ccccc3)c3ccccc3)cc(OCc3ccccc3)c2)cc1. The summed E-state index contributed by atoms with van der Waals surface area (Å²) in [7, 11) is -2.08. The van der Waals surface area contributed by atoms with Crippen LogP contribution in [0.2, 0.25) is 0 Å². The van der Waals surface area contributed by atoms with Crippen LogP contribution in [0.15, 0.2) is 170 Å². The molecule has 0 aromatic heterocycles. The lowest BCUT2D eigenvalue weighted by atomic mass is 10.2. The van der Waals surface area contributed by atoms with Crippen LogP contribution < -0.4 is 25.4 Å². The molecule has 0 aliphatic heterocycles. The van der Waals surface area contributed by atoms with Gasteiger partial charge in [0, 0.05) is 6.07 Å². The molecule has 0 amide bonds. The molecule has 0 unspecified atom stereocenters. The van der Waals surface area contributed by atoms with Gasteiger partial charge >= 0.3 is 0 Å². The number of benzene rings is 6. The summed E-state index contributed by atoms with van der Waals surface area (Å²) < 4.78 is 12.8. The standard InChI is InChI=1S/C39H34O2P/c1-6-16-32(17-7-1)29-40-35-26-34(27-36(28-35)41-30-33-18-8-2-9-19-33)31-42(37-20-10-3-11-21-37,38-22-12-4-13-23-38)39-24-14-5-15-25-39/h1-28H,29-31H2/q+1. The zero-order valence-corrected chi connectivity index (χ0v) is 24.4. The van der Waals surface area contributed by atoms with Gasteiger partial charge in [-0.1, -0.05) is 115 Å². The second kappa shape index (κ2) is 13.3.